The fraction of sp³-hybridized carbons (Fsp3) is 0.238. The lowest BCUT2D eigenvalue weighted by atomic mass is 10.2. The van der Waals surface area contributed by atoms with Gasteiger partial charge >= 0.3 is 10.0 Å². The summed E-state index contributed by atoms with van der Waals surface area (Å²) in [5.74, 6) is 1.48. The maximum atomic E-state index is 13.3. The summed E-state index contributed by atoms with van der Waals surface area (Å²) in [7, 11) is -3.48. The Morgan fingerprint density at radius 1 is 1.04 bits per heavy atom. The van der Waals surface area contributed by atoms with Gasteiger partial charge in [-0.25, -0.2) is 0 Å². The fourth-order valence-corrected chi connectivity index (χ4v) is 5.44. The molecule has 3 rings (SSSR count). The summed E-state index contributed by atoms with van der Waals surface area (Å²) in [5, 5.41) is 0. The maximum absolute atomic E-state index is 13.3. The highest BCUT2D eigenvalue weighted by atomic mass is 32.2. The molecule has 5 nitrogen and oxygen atoms in total. The Labute approximate surface area is 161 Å². The summed E-state index contributed by atoms with van der Waals surface area (Å²) in [6.45, 7) is 2.39. The lowest BCUT2D eigenvalue weighted by Crippen LogP contribution is -2.56. The maximum Gasteiger partial charge on any atom is 0.306 e. The van der Waals surface area contributed by atoms with Gasteiger partial charge in [0.15, 0.2) is 5.69 Å². The van der Waals surface area contributed by atoms with Crippen molar-refractivity contribution in [3.63, 3.8) is 0 Å². The van der Waals surface area contributed by atoms with Crippen LogP contribution in [0.3, 0.4) is 0 Å². The van der Waals surface area contributed by atoms with Crippen LogP contribution in [0.5, 0.6) is 11.5 Å². The summed E-state index contributed by atoms with van der Waals surface area (Å²) in [6, 6.07) is 16.7. The van der Waals surface area contributed by atoms with Crippen LogP contribution >= 0.6 is 0 Å². The van der Waals surface area contributed by atoms with Crippen LogP contribution in [0.2, 0.25) is 0 Å². The van der Waals surface area contributed by atoms with Crippen LogP contribution in [0.1, 0.15) is 13.3 Å². The quantitative estimate of drug-likeness (QED) is 0.733. The molecule has 142 valence electrons. The highest BCUT2D eigenvalue weighted by Crippen LogP contribution is 2.37. The normalized spacial score (nSPS) is 19.6. The van der Waals surface area contributed by atoms with Crippen molar-refractivity contribution in [3.8, 4) is 11.5 Å². The van der Waals surface area contributed by atoms with Gasteiger partial charge in [-0.2, -0.15) is 12.3 Å². The predicted molar refractivity (Wildman–Crippen MR) is 110 cm³/mol. The predicted octanol–water partition coefficient (Wildman–Crippen LogP) is 3.94. The number of ether oxygens (including phenoxy) is 1. The molecule has 1 heterocycles. The van der Waals surface area contributed by atoms with E-state index in [1.165, 1.54) is 0 Å². The van der Waals surface area contributed by atoms with Gasteiger partial charge in [0.25, 0.3) is 0 Å². The van der Waals surface area contributed by atoms with Crippen molar-refractivity contribution in [2.75, 3.05) is 18.8 Å². The van der Waals surface area contributed by atoms with Crippen molar-refractivity contribution in [2.24, 2.45) is 5.73 Å². The van der Waals surface area contributed by atoms with E-state index in [-0.39, 0.29) is 16.2 Å². The van der Waals surface area contributed by atoms with Crippen LogP contribution in [0.25, 0.3) is 0 Å². The first-order chi connectivity index (χ1) is 13.0. The molecule has 27 heavy (non-hydrogen) atoms. The van der Waals surface area contributed by atoms with Crippen molar-refractivity contribution in [3.05, 3.63) is 78.5 Å². The fourth-order valence-electron chi connectivity index (χ4n) is 3.36. The Hall–Kier alpha value is -2.41. The van der Waals surface area contributed by atoms with Gasteiger partial charge in [-0.3, -0.25) is 0 Å². The van der Waals surface area contributed by atoms with Crippen LogP contribution < -0.4 is 14.4 Å². The topological polar surface area (TPSA) is 69.4 Å². The van der Waals surface area contributed by atoms with E-state index in [0.717, 1.165) is 5.75 Å². The van der Waals surface area contributed by atoms with Gasteiger partial charge < -0.3 is 10.5 Å². The van der Waals surface area contributed by atoms with Crippen molar-refractivity contribution in [1.82, 2.24) is 3.89 Å². The molecule has 0 saturated heterocycles. The summed E-state index contributed by atoms with van der Waals surface area (Å²) in [5.41, 5.74) is 7.27. The van der Waals surface area contributed by atoms with Crippen LogP contribution in [0.15, 0.2) is 78.5 Å². The molecule has 0 bridgehead atoms. The smallest absolute Gasteiger partial charge is 0.306 e. The molecule has 0 radical (unpaired) electrons. The number of sulfonamides is 1. The SMILES string of the molecule is CCCS(=O)(=O)[N+]1(c2ccc(Oc3ccccc3)cc2)CC=CC=C1CN. The van der Waals surface area contributed by atoms with Crippen molar-refractivity contribution >= 4 is 15.7 Å². The van der Waals surface area contributed by atoms with E-state index in [1.807, 2.05) is 67.6 Å². The Kier molecular flexibility index (Phi) is 5.79. The number of quaternary nitrogens is 1. The molecule has 0 amide bonds. The second-order valence-corrected chi connectivity index (χ2v) is 8.60. The number of hydrogen-bond acceptors (Lipinski definition) is 4. The first kappa shape index (κ1) is 19.4. The largest absolute Gasteiger partial charge is 0.457 e. The zero-order valence-corrected chi connectivity index (χ0v) is 16.2. The average Bonchev–Trinajstić information content (AvgIpc) is 2.69. The van der Waals surface area contributed by atoms with Gasteiger partial charge in [-0.15, -0.1) is 0 Å². The Bertz CT molecular complexity index is 935. The monoisotopic (exact) mass is 385 g/mol. The minimum absolute atomic E-state index is 0.0977. The molecule has 0 fully saturated rings. The molecule has 1 unspecified atom stereocenters. The molecule has 0 aliphatic carbocycles. The van der Waals surface area contributed by atoms with Crippen molar-refractivity contribution in [2.45, 2.75) is 13.3 Å². The number of hydrogen-bond donors (Lipinski definition) is 1. The van der Waals surface area contributed by atoms with E-state index in [1.54, 1.807) is 12.1 Å². The number of benzene rings is 2. The molecule has 0 saturated carbocycles. The minimum atomic E-state index is -3.48. The van der Waals surface area contributed by atoms with E-state index in [2.05, 4.69) is 0 Å². The number of nitrogens with zero attached hydrogens (tertiary/aromatic N) is 1. The Balaban J connectivity index is 2.01. The number of nitrogens with two attached hydrogens (primary N) is 1. The van der Waals surface area contributed by atoms with Gasteiger partial charge in [-0.05, 0) is 42.8 Å². The summed E-state index contributed by atoms with van der Waals surface area (Å²) >= 11 is 0. The van der Waals surface area contributed by atoms with Gasteiger partial charge in [0.2, 0.25) is 0 Å². The van der Waals surface area contributed by atoms with Crippen molar-refractivity contribution in [1.29, 1.82) is 0 Å². The molecule has 2 aromatic carbocycles. The highest BCUT2D eigenvalue weighted by molar-refractivity contribution is 7.91. The first-order valence-electron chi connectivity index (χ1n) is 9.04. The lowest BCUT2D eigenvalue weighted by Gasteiger charge is -2.37. The number of para-hydroxylation sites is 1. The van der Waals surface area contributed by atoms with E-state index in [9.17, 15) is 8.42 Å². The van der Waals surface area contributed by atoms with E-state index in [0.29, 0.717) is 30.1 Å². The van der Waals surface area contributed by atoms with Crippen LogP contribution in [-0.2, 0) is 10.0 Å². The van der Waals surface area contributed by atoms with Gasteiger partial charge in [0, 0.05) is 12.1 Å². The molecule has 2 N–H and O–H groups in total. The summed E-state index contributed by atoms with van der Waals surface area (Å²) in [4.78, 5) is 0. The van der Waals surface area contributed by atoms with Crippen LogP contribution in [0.4, 0.5) is 5.69 Å². The van der Waals surface area contributed by atoms with E-state index >= 15 is 0 Å². The van der Waals surface area contributed by atoms with Crippen LogP contribution in [-0.4, -0.2) is 27.3 Å². The van der Waals surface area contributed by atoms with Crippen LogP contribution in [0, 0.1) is 0 Å². The Morgan fingerprint density at radius 2 is 1.70 bits per heavy atom. The number of allylic oxidation sites excluding steroid dienone is 2. The standard InChI is InChI=1S/C21H25N2O3S/c1-2-16-27(24,25)23(15-7-6-8-19(23)17-22)18-11-13-21(14-12-18)26-20-9-4-3-5-10-20/h3-14H,2,15-17,22H2,1H3/q+1. The molecule has 0 spiro atoms. The molecular formula is C21H25N2O3S+. The third kappa shape index (κ3) is 3.69. The zero-order chi connectivity index (χ0) is 19.3. The first-order valence-corrected chi connectivity index (χ1v) is 10.6. The zero-order valence-electron chi connectivity index (χ0n) is 15.4. The second kappa shape index (κ2) is 8.08. The molecule has 6 heteroatoms. The van der Waals surface area contributed by atoms with Crippen molar-refractivity contribution < 1.29 is 13.2 Å². The van der Waals surface area contributed by atoms with Gasteiger partial charge in [-0.1, -0.05) is 31.2 Å². The molecule has 2 aromatic rings. The molecular weight excluding hydrogens is 360 g/mol. The lowest BCUT2D eigenvalue weighted by molar-refractivity contribution is 0.476. The average molecular weight is 386 g/mol. The molecule has 1 aliphatic heterocycles. The van der Waals surface area contributed by atoms with Gasteiger partial charge in [0.05, 0.1) is 6.54 Å². The summed E-state index contributed by atoms with van der Waals surface area (Å²) < 4.78 is 32.1. The van der Waals surface area contributed by atoms with E-state index in [4.69, 9.17) is 10.5 Å². The molecule has 1 atom stereocenters. The third-order valence-corrected chi connectivity index (χ3v) is 7.10. The Morgan fingerprint density at radius 3 is 2.33 bits per heavy atom. The van der Waals surface area contributed by atoms with E-state index < -0.39 is 10.0 Å². The minimum Gasteiger partial charge on any atom is -0.457 e. The molecule has 0 aromatic heterocycles. The van der Waals surface area contributed by atoms with Gasteiger partial charge in [0.1, 0.15) is 29.5 Å². The third-order valence-electron chi connectivity index (χ3n) is 4.63. The second-order valence-electron chi connectivity index (χ2n) is 6.41. The summed E-state index contributed by atoms with van der Waals surface area (Å²) in [6.07, 6.45) is 6.11. The number of rotatable bonds is 7. The highest BCUT2D eigenvalue weighted by Gasteiger charge is 2.46. The molecule has 1 aliphatic rings.